The highest BCUT2D eigenvalue weighted by molar-refractivity contribution is 5.94. The quantitative estimate of drug-likeness (QED) is 0.848. The minimum atomic E-state index is -0.0997. The Balaban J connectivity index is 0.00000243. The van der Waals surface area contributed by atoms with Crippen molar-refractivity contribution in [3.8, 4) is 0 Å². The summed E-state index contributed by atoms with van der Waals surface area (Å²) in [4.78, 5) is 27.2. The number of nitrogens with one attached hydrogen (secondary N) is 2. The SMILES string of the molecule is Cc1ccc(C(=O)N2CCCC(C(=O)NC3CCCNC3C)C2)cc1.Cl. The standard InChI is InChI=1S/C20H29N3O2.ClH/c1-14-7-9-16(10-8-14)20(25)23-12-4-5-17(13-23)19(24)22-18-6-3-11-21-15(18)2;/h7-10,15,17-18,21H,3-6,11-13H2,1-2H3,(H,22,24);1H. The Kier molecular flexibility index (Phi) is 7.47. The van der Waals surface area contributed by atoms with Crippen LogP contribution in [0.3, 0.4) is 0 Å². The van der Waals surface area contributed by atoms with Crippen LogP contribution in [-0.4, -0.2) is 48.4 Å². The summed E-state index contributed by atoms with van der Waals surface area (Å²) >= 11 is 0. The number of likely N-dealkylation sites (tertiary alicyclic amines) is 1. The Bertz CT molecular complexity index is 620. The van der Waals surface area contributed by atoms with Crippen LogP contribution in [0.5, 0.6) is 0 Å². The smallest absolute Gasteiger partial charge is 0.253 e. The van der Waals surface area contributed by atoms with E-state index < -0.39 is 0 Å². The van der Waals surface area contributed by atoms with Crippen LogP contribution in [0.1, 0.15) is 48.5 Å². The number of nitrogens with zero attached hydrogens (tertiary/aromatic N) is 1. The molecule has 6 heteroatoms. The summed E-state index contributed by atoms with van der Waals surface area (Å²) in [5.41, 5.74) is 1.85. The third kappa shape index (κ3) is 4.98. The highest BCUT2D eigenvalue weighted by atomic mass is 35.5. The number of carbonyl (C=O) groups excluding carboxylic acids is 2. The molecular formula is C20H30ClN3O2. The molecule has 3 unspecified atom stereocenters. The normalized spacial score (nSPS) is 25.9. The molecule has 0 saturated carbocycles. The molecule has 5 nitrogen and oxygen atoms in total. The molecule has 3 rings (SSSR count). The van der Waals surface area contributed by atoms with Gasteiger partial charge in [-0.1, -0.05) is 17.7 Å². The predicted octanol–water partition coefficient (Wildman–Crippen LogP) is 2.53. The molecular weight excluding hydrogens is 350 g/mol. The van der Waals surface area contributed by atoms with Crippen molar-refractivity contribution in [1.82, 2.24) is 15.5 Å². The minimum absolute atomic E-state index is 0. The molecule has 3 atom stereocenters. The zero-order chi connectivity index (χ0) is 17.8. The number of benzene rings is 1. The van der Waals surface area contributed by atoms with Gasteiger partial charge in [-0.15, -0.1) is 12.4 Å². The number of carbonyl (C=O) groups is 2. The van der Waals surface area contributed by atoms with E-state index in [9.17, 15) is 9.59 Å². The molecule has 2 heterocycles. The number of hydrogen-bond donors (Lipinski definition) is 2. The van der Waals surface area contributed by atoms with E-state index in [0.717, 1.165) is 44.3 Å². The summed E-state index contributed by atoms with van der Waals surface area (Å²) < 4.78 is 0. The van der Waals surface area contributed by atoms with Gasteiger partial charge in [-0.2, -0.15) is 0 Å². The number of rotatable bonds is 3. The predicted molar refractivity (Wildman–Crippen MR) is 106 cm³/mol. The van der Waals surface area contributed by atoms with Gasteiger partial charge in [-0.05, 0) is 58.2 Å². The van der Waals surface area contributed by atoms with Gasteiger partial charge < -0.3 is 15.5 Å². The highest BCUT2D eigenvalue weighted by Gasteiger charge is 2.31. The third-order valence-corrected chi connectivity index (χ3v) is 5.47. The van der Waals surface area contributed by atoms with Crippen LogP contribution in [0.25, 0.3) is 0 Å². The number of aryl methyl sites for hydroxylation is 1. The Morgan fingerprint density at radius 3 is 2.58 bits per heavy atom. The second kappa shape index (κ2) is 9.38. The molecule has 2 aliphatic rings. The molecule has 0 aliphatic carbocycles. The molecule has 2 saturated heterocycles. The van der Waals surface area contributed by atoms with Crippen molar-refractivity contribution in [3.63, 3.8) is 0 Å². The molecule has 26 heavy (non-hydrogen) atoms. The average Bonchev–Trinajstić information content (AvgIpc) is 2.64. The van der Waals surface area contributed by atoms with Gasteiger partial charge >= 0.3 is 0 Å². The average molecular weight is 380 g/mol. The van der Waals surface area contributed by atoms with Crippen LogP contribution in [0.4, 0.5) is 0 Å². The van der Waals surface area contributed by atoms with Crippen molar-refractivity contribution in [2.24, 2.45) is 5.92 Å². The van der Waals surface area contributed by atoms with Crippen LogP contribution >= 0.6 is 12.4 Å². The maximum atomic E-state index is 12.7. The van der Waals surface area contributed by atoms with Crippen LogP contribution in [0.15, 0.2) is 24.3 Å². The Hall–Kier alpha value is -1.59. The molecule has 1 aromatic carbocycles. The van der Waals surface area contributed by atoms with E-state index in [1.54, 1.807) is 0 Å². The van der Waals surface area contributed by atoms with E-state index in [1.807, 2.05) is 36.1 Å². The van der Waals surface area contributed by atoms with Gasteiger partial charge in [0, 0.05) is 30.7 Å². The minimum Gasteiger partial charge on any atom is -0.352 e. The monoisotopic (exact) mass is 379 g/mol. The van der Waals surface area contributed by atoms with E-state index in [4.69, 9.17) is 0 Å². The molecule has 0 aromatic heterocycles. The maximum Gasteiger partial charge on any atom is 0.253 e. The van der Waals surface area contributed by atoms with Gasteiger partial charge in [0.2, 0.25) is 5.91 Å². The van der Waals surface area contributed by atoms with E-state index >= 15 is 0 Å². The van der Waals surface area contributed by atoms with Gasteiger partial charge in [0.05, 0.1) is 5.92 Å². The van der Waals surface area contributed by atoms with Crippen LogP contribution in [0, 0.1) is 12.8 Å². The topological polar surface area (TPSA) is 61.4 Å². The lowest BCUT2D eigenvalue weighted by atomic mass is 9.94. The zero-order valence-corrected chi connectivity index (χ0v) is 16.5. The first kappa shape index (κ1) is 20.7. The number of halogens is 1. The van der Waals surface area contributed by atoms with Crippen molar-refractivity contribution in [1.29, 1.82) is 0 Å². The second-order valence-electron chi connectivity index (χ2n) is 7.46. The van der Waals surface area contributed by atoms with Crippen molar-refractivity contribution in [2.45, 2.75) is 51.6 Å². The summed E-state index contributed by atoms with van der Waals surface area (Å²) in [5, 5.41) is 6.62. The van der Waals surface area contributed by atoms with Crippen LogP contribution in [0.2, 0.25) is 0 Å². The number of hydrogen-bond acceptors (Lipinski definition) is 3. The molecule has 2 amide bonds. The fourth-order valence-corrected chi connectivity index (χ4v) is 3.80. The van der Waals surface area contributed by atoms with E-state index in [0.29, 0.717) is 18.2 Å². The van der Waals surface area contributed by atoms with Crippen molar-refractivity contribution < 1.29 is 9.59 Å². The Morgan fingerprint density at radius 1 is 1.15 bits per heavy atom. The summed E-state index contributed by atoms with van der Waals surface area (Å²) in [6, 6.07) is 8.17. The van der Waals surface area contributed by atoms with Crippen LogP contribution in [-0.2, 0) is 4.79 Å². The lowest BCUT2D eigenvalue weighted by Crippen LogP contribution is -2.54. The first-order chi connectivity index (χ1) is 12.0. The Morgan fingerprint density at radius 2 is 1.88 bits per heavy atom. The van der Waals surface area contributed by atoms with E-state index in [1.165, 1.54) is 0 Å². The fraction of sp³-hybridized carbons (Fsp3) is 0.600. The van der Waals surface area contributed by atoms with Gasteiger partial charge in [0.25, 0.3) is 5.91 Å². The van der Waals surface area contributed by atoms with Gasteiger partial charge in [-0.25, -0.2) is 0 Å². The fourth-order valence-electron chi connectivity index (χ4n) is 3.80. The summed E-state index contributed by atoms with van der Waals surface area (Å²) in [5.74, 6) is 0.0319. The molecule has 0 bridgehead atoms. The molecule has 144 valence electrons. The summed E-state index contributed by atoms with van der Waals surface area (Å²) in [6.07, 6.45) is 3.86. The van der Waals surface area contributed by atoms with Crippen LogP contribution < -0.4 is 10.6 Å². The van der Waals surface area contributed by atoms with Gasteiger partial charge in [-0.3, -0.25) is 9.59 Å². The van der Waals surface area contributed by atoms with E-state index in [-0.39, 0.29) is 36.2 Å². The first-order valence-corrected chi connectivity index (χ1v) is 9.44. The summed E-state index contributed by atoms with van der Waals surface area (Å²) in [7, 11) is 0. The highest BCUT2D eigenvalue weighted by Crippen LogP contribution is 2.20. The van der Waals surface area contributed by atoms with Gasteiger partial charge in [0.15, 0.2) is 0 Å². The maximum absolute atomic E-state index is 12.7. The molecule has 1 aromatic rings. The molecule has 0 spiro atoms. The Labute approximate surface area is 162 Å². The van der Waals surface area contributed by atoms with Crippen molar-refractivity contribution in [2.75, 3.05) is 19.6 Å². The lowest BCUT2D eigenvalue weighted by molar-refractivity contribution is -0.127. The zero-order valence-electron chi connectivity index (χ0n) is 15.7. The molecule has 2 aliphatic heterocycles. The number of amides is 2. The molecule has 2 N–H and O–H groups in total. The molecule has 2 fully saturated rings. The largest absolute Gasteiger partial charge is 0.352 e. The van der Waals surface area contributed by atoms with Crippen molar-refractivity contribution >= 4 is 24.2 Å². The van der Waals surface area contributed by atoms with Gasteiger partial charge in [0.1, 0.15) is 0 Å². The summed E-state index contributed by atoms with van der Waals surface area (Å²) in [6.45, 7) is 6.41. The lowest BCUT2D eigenvalue weighted by Gasteiger charge is -2.35. The van der Waals surface area contributed by atoms with E-state index in [2.05, 4.69) is 17.6 Å². The number of piperidine rings is 2. The molecule has 0 radical (unpaired) electrons. The third-order valence-electron chi connectivity index (χ3n) is 5.47. The van der Waals surface area contributed by atoms with Crippen molar-refractivity contribution in [3.05, 3.63) is 35.4 Å². The first-order valence-electron chi connectivity index (χ1n) is 9.44. The second-order valence-corrected chi connectivity index (χ2v) is 7.46.